The molecule has 0 aromatic carbocycles. The maximum absolute atomic E-state index is 12.0. The van der Waals surface area contributed by atoms with Crippen LogP contribution in [0.1, 0.15) is 38.4 Å². The molecule has 106 valence electrons. The zero-order chi connectivity index (χ0) is 14.5. The highest BCUT2D eigenvalue weighted by atomic mass is 79.9. The first-order chi connectivity index (χ1) is 9.38. The van der Waals surface area contributed by atoms with Gasteiger partial charge in [-0.1, -0.05) is 0 Å². The van der Waals surface area contributed by atoms with E-state index in [0.29, 0.717) is 16.3 Å². The lowest BCUT2D eigenvalue weighted by Crippen LogP contribution is -2.64. The van der Waals surface area contributed by atoms with Crippen molar-refractivity contribution in [2.75, 3.05) is 11.4 Å². The summed E-state index contributed by atoms with van der Waals surface area (Å²) in [5.74, 6) is 1.18. The van der Waals surface area contributed by atoms with Gasteiger partial charge in [-0.05, 0) is 42.6 Å². The Labute approximate surface area is 125 Å². The van der Waals surface area contributed by atoms with Gasteiger partial charge in [0.1, 0.15) is 21.8 Å². The smallest absolute Gasteiger partial charge is 0.251 e. The highest BCUT2D eigenvalue weighted by Crippen LogP contribution is 2.39. The fourth-order valence-electron chi connectivity index (χ4n) is 2.24. The number of anilines is 1. The lowest BCUT2D eigenvalue weighted by molar-refractivity contribution is -0.135. The number of carbonyl (C=O) groups is 2. The Morgan fingerprint density at radius 1 is 1.35 bits per heavy atom. The van der Waals surface area contributed by atoms with Crippen molar-refractivity contribution >= 4 is 33.6 Å². The summed E-state index contributed by atoms with van der Waals surface area (Å²) >= 11 is 3.38. The van der Waals surface area contributed by atoms with Gasteiger partial charge in [0.15, 0.2) is 0 Å². The molecular formula is C13H15BrN4O2. The summed E-state index contributed by atoms with van der Waals surface area (Å²) in [6, 6.07) is 1.75. The number of amides is 2. The minimum absolute atomic E-state index is 0.117. The van der Waals surface area contributed by atoms with Crippen molar-refractivity contribution in [1.82, 2.24) is 15.3 Å². The van der Waals surface area contributed by atoms with Gasteiger partial charge in [-0.25, -0.2) is 9.97 Å². The molecule has 1 aliphatic heterocycles. The quantitative estimate of drug-likeness (QED) is 0.650. The topological polar surface area (TPSA) is 75.2 Å². The zero-order valence-corrected chi connectivity index (χ0v) is 12.9. The molecule has 2 fully saturated rings. The summed E-state index contributed by atoms with van der Waals surface area (Å²) in [7, 11) is 0. The van der Waals surface area contributed by atoms with Gasteiger partial charge in [-0.3, -0.25) is 14.9 Å². The van der Waals surface area contributed by atoms with Gasteiger partial charge in [0.05, 0.1) is 6.54 Å². The van der Waals surface area contributed by atoms with Crippen molar-refractivity contribution in [3.05, 3.63) is 16.5 Å². The van der Waals surface area contributed by atoms with E-state index < -0.39 is 5.54 Å². The Balaban J connectivity index is 2.01. The normalized spacial score (nSPS) is 21.9. The molecule has 1 aromatic heterocycles. The summed E-state index contributed by atoms with van der Waals surface area (Å²) < 4.78 is 0.679. The number of hydrogen-bond acceptors (Lipinski definition) is 5. The number of hydrogen-bond donors (Lipinski definition) is 1. The Morgan fingerprint density at radius 2 is 2.05 bits per heavy atom. The molecule has 2 heterocycles. The predicted molar refractivity (Wildman–Crippen MR) is 76.3 cm³/mol. The second kappa shape index (κ2) is 4.51. The van der Waals surface area contributed by atoms with Crippen LogP contribution in [0, 0.1) is 0 Å². The molecule has 20 heavy (non-hydrogen) atoms. The minimum atomic E-state index is -0.817. The molecule has 1 saturated carbocycles. The van der Waals surface area contributed by atoms with Crippen LogP contribution in [0.3, 0.4) is 0 Å². The summed E-state index contributed by atoms with van der Waals surface area (Å²) in [5, 5.41) is 2.36. The number of rotatable bonds is 2. The molecule has 1 aromatic rings. The van der Waals surface area contributed by atoms with E-state index in [1.165, 1.54) is 0 Å². The van der Waals surface area contributed by atoms with Gasteiger partial charge in [-0.2, -0.15) is 0 Å². The SMILES string of the molecule is CC1(C)C(=O)NC(=O)CN1c1cc(Br)nc(C2CC2)n1. The van der Waals surface area contributed by atoms with Crippen LogP contribution < -0.4 is 10.2 Å². The highest BCUT2D eigenvalue weighted by Gasteiger charge is 2.42. The minimum Gasteiger partial charge on any atom is -0.333 e. The molecule has 0 spiro atoms. The van der Waals surface area contributed by atoms with Crippen molar-refractivity contribution in [3.8, 4) is 0 Å². The van der Waals surface area contributed by atoms with E-state index in [4.69, 9.17) is 0 Å². The van der Waals surface area contributed by atoms with E-state index >= 15 is 0 Å². The predicted octanol–water partition coefficient (Wildman–Crippen LogP) is 1.36. The first-order valence-electron chi connectivity index (χ1n) is 6.54. The first kappa shape index (κ1) is 13.5. The van der Waals surface area contributed by atoms with E-state index in [-0.39, 0.29) is 18.4 Å². The highest BCUT2D eigenvalue weighted by molar-refractivity contribution is 9.10. The Morgan fingerprint density at radius 3 is 2.70 bits per heavy atom. The molecule has 6 nitrogen and oxygen atoms in total. The van der Waals surface area contributed by atoms with Crippen LogP contribution in [0.5, 0.6) is 0 Å². The molecular weight excluding hydrogens is 324 g/mol. The van der Waals surface area contributed by atoms with E-state index in [1.54, 1.807) is 24.8 Å². The van der Waals surface area contributed by atoms with Crippen molar-refractivity contribution in [2.45, 2.75) is 38.1 Å². The van der Waals surface area contributed by atoms with Gasteiger partial charge in [-0.15, -0.1) is 0 Å². The number of imide groups is 1. The van der Waals surface area contributed by atoms with E-state index in [2.05, 4.69) is 31.2 Å². The van der Waals surface area contributed by atoms with Crippen molar-refractivity contribution in [1.29, 1.82) is 0 Å². The summed E-state index contributed by atoms with van der Waals surface area (Å²) in [6.45, 7) is 3.68. The standard InChI is InChI=1S/C13H15BrN4O2/c1-13(2)12(20)17-10(19)6-18(13)9-5-8(14)15-11(16-9)7-3-4-7/h5,7H,3-4,6H2,1-2H3,(H,17,19,20). The number of nitrogens with zero attached hydrogens (tertiary/aromatic N) is 3. The van der Waals surface area contributed by atoms with Gasteiger partial charge >= 0.3 is 0 Å². The van der Waals surface area contributed by atoms with Crippen LogP contribution in [0.2, 0.25) is 0 Å². The third-order valence-electron chi connectivity index (χ3n) is 3.70. The average Bonchev–Trinajstić information content (AvgIpc) is 3.17. The Hall–Kier alpha value is -1.50. The maximum Gasteiger partial charge on any atom is 0.251 e. The van der Waals surface area contributed by atoms with Crippen LogP contribution in [0.4, 0.5) is 5.82 Å². The van der Waals surface area contributed by atoms with Crippen LogP contribution in [0.15, 0.2) is 10.7 Å². The fraction of sp³-hybridized carbons (Fsp3) is 0.538. The van der Waals surface area contributed by atoms with Crippen molar-refractivity contribution in [2.24, 2.45) is 0 Å². The molecule has 0 unspecified atom stereocenters. The molecule has 0 atom stereocenters. The lowest BCUT2D eigenvalue weighted by Gasteiger charge is -2.41. The zero-order valence-electron chi connectivity index (χ0n) is 11.3. The summed E-state index contributed by atoms with van der Waals surface area (Å²) in [6.07, 6.45) is 2.19. The van der Waals surface area contributed by atoms with Crippen LogP contribution in [0.25, 0.3) is 0 Å². The maximum atomic E-state index is 12.0. The number of piperazine rings is 1. The number of halogens is 1. The monoisotopic (exact) mass is 338 g/mol. The third-order valence-corrected chi connectivity index (χ3v) is 4.11. The second-order valence-electron chi connectivity index (χ2n) is 5.70. The summed E-state index contributed by atoms with van der Waals surface area (Å²) in [4.78, 5) is 34.3. The summed E-state index contributed by atoms with van der Waals surface area (Å²) in [5.41, 5.74) is -0.817. The molecule has 0 radical (unpaired) electrons. The largest absolute Gasteiger partial charge is 0.333 e. The van der Waals surface area contributed by atoms with Gasteiger partial charge in [0, 0.05) is 12.0 Å². The van der Waals surface area contributed by atoms with Crippen LogP contribution in [-0.2, 0) is 9.59 Å². The van der Waals surface area contributed by atoms with E-state index in [0.717, 1.165) is 18.7 Å². The van der Waals surface area contributed by atoms with E-state index in [1.807, 2.05) is 0 Å². The third kappa shape index (κ3) is 2.30. The molecule has 1 aliphatic carbocycles. The van der Waals surface area contributed by atoms with Crippen molar-refractivity contribution < 1.29 is 9.59 Å². The van der Waals surface area contributed by atoms with Crippen LogP contribution in [-0.4, -0.2) is 33.9 Å². The molecule has 7 heteroatoms. The fourth-order valence-corrected chi connectivity index (χ4v) is 2.62. The average molecular weight is 339 g/mol. The van der Waals surface area contributed by atoms with Gasteiger partial charge < -0.3 is 4.90 Å². The lowest BCUT2D eigenvalue weighted by atomic mass is 9.99. The number of nitrogens with one attached hydrogen (secondary N) is 1. The molecule has 1 N–H and O–H groups in total. The number of carbonyl (C=O) groups excluding carboxylic acids is 2. The molecule has 0 bridgehead atoms. The molecule has 2 aliphatic rings. The second-order valence-corrected chi connectivity index (χ2v) is 6.52. The Kier molecular flexibility index (Phi) is 3.04. The first-order valence-corrected chi connectivity index (χ1v) is 7.33. The van der Waals surface area contributed by atoms with Crippen molar-refractivity contribution in [3.63, 3.8) is 0 Å². The van der Waals surface area contributed by atoms with Gasteiger partial charge in [0.2, 0.25) is 5.91 Å². The number of aromatic nitrogens is 2. The molecule has 1 saturated heterocycles. The molecule has 2 amide bonds. The Bertz CT molecular complexity index is 598. The molecule has 3 rings (SSSR count). The van der Waals surface area contributed by atoms with Gasteiger partial charge in [0.25, 0.3) is 5.91 Å². The van der Waals surface area contributed by atoms with Crippen LogP contribution >= 0.6 is 15.9 Å². The van der Waals surface area contributed by atoms with E-state index in [9.17, 15) is 9.59 Å².